The zero-order chi connectivity index (χ0) is 20.4. The number of hydrogen-bond acceptors (Lipinski definition) is 4. The Hall–Kier alpha value is -2.34. The third kappa shape index (κ3) is 4.32. The molecule has 0 radical (unpaired) electrons. The number of esters is 1. The van der Waals surface area contributed by atoms with Gasteiger partial charge in [0.15, 0.2) is 0 Å². The van der Waals surface area contributed by atoms with Crippen molar-refractivity contribution in [2.75, 3.05) is 27.2 Å². The van der Waals surface area contributed by atoms with Gasteiger partial charge in [0, 0.05) is 31.4 Å². The Morgan fingerprint density at radius 3 is 2.66 bits per heavy atom. The number of benzene rings is 1. The van der Waals surface area contributed by atoms with Crippen LogP contribution in [0.5, 0.6) is 0 Å². The Morgan fingerprint density at radius 1 is 1.10 bits per heavy atom. The first-order chi connectivity index (χ1) is 14.0. The number of piperidine rings is 1. The smallest absolute Gasteiger partial charge is 0.332 e. The van der Waals surface area contributed by atoms with E-state index >= 15 is 0 Å². The predicted octanol–water partition coefficient (Wildman–Crippen LogP) is 3.04. The summed E-state index contributed by atoms with van der Waals surface area (Å²) < 4.78 is 8.36. The van der Waals surface area contributed by atoms with Gasteiger partial charge in [0.2, 0.25) is 0 Å². The molecule has 0 spiro atoms. The number of carbonyl (C=O) groups is 1. The molecule has 2 heterocycles. The summed E-state index contributed by atoms with van der Waals surface area (Å²) in [6, 6.07) is 8.17. The molecule has 1 saturated carbocycles. The molecule has 1 aliphatic carbocycles. The molecule has 1 saturated heterocycles. The summed E-state index contributed by atoms with van der Waals surface area (Å²) in [7, 11) is 3.62. The minimum Gasteiger partial charge on any atom is -0.469 e. The lowest BCUT2D eigenvalue weighted by Crippen LogP contribution is -2.42. The lowest BCUT2D eigenvalue weighted by Gasteiger charge is -2.42. The molecule has 0 amide bonds. The summed E-state index contributed by atoms with van der Waals surface area (Å²) in [5.41, 5.74) is 1.97. The van der Waals surface area contributed by atoms with Crippen LogP contribution in [0.1, 0.15) is 43.7 Å². The van der Waals surface area contributed by atoms with E-state index in [9.17, 15) is 9.59 Å². The fourth-order valence-electron chi connectivity index (χ4n) is 5.06. The van der Waals surface area contributed by atoms with Crippen LogP contribution in [0.3, 0.4) is 0 Å². The zero-order valence-corrected chi connectivity index (χ0v) is 17.4. The van der Waals surface area contributed by atoms with Crippen molar-refractivity contribution in [1.82, 2.24) is 14.0 Å². The van der Waals surface area contributed by atoms with E-state index in [1.807, 2.05) is 41.2 Å². The van der Waals surface area contributed by atoms with Gasteiger partial charge < -0.3 is 9.64 Å². The van der Waals surface area contributed by atoms with E-state index in [1.54, 1.807) is 4.57 Å². The molecule has 156 valence electrons. The van der Waals surface area contributed by atoms with Gasteiger partial charge in [0.05, 0.1) is 12.8 Å². The van der Waals surface area contributed by atoms with Gasteiger partial charge in [-0.25, -0.2) is 4.79 Å². The van der Waals surface area contributed by atoms with Gasteiger partial charge in [-0.2, -0.15) is 0 Å². The number of ether oxygens (including phenoxy) is 1. The molecular weight excluding hydrogens is 366 g/mol. The largest absolute Gasteiger partial charge is 0.469 e. The second kappa shape index (κ2) is 8.57. The van der Waals surface area contributed by atoms with Crippen molar-refractivity contribution in [3.63, 3.8) is 0 Å². The first-order valence-corrected chi connectivity index (χ1v) is 10.7. The van der Waals surface area contributed by atoms with Crippen LogP contribution in [0.4, 0.5) is 0 Å². The molecule has 6 heteroatoms. The van der Waals surface area contributed by atoms with Crippen LogP contribution in [0, 0.1) is 11.8 Å². The Balaban J connectivity index is 1.45. The summed E-state index contributed by atoms with van der Waals surface area (Å²) in [6.45, 7) is 2.38. The van der Waals surface area contributed by atoms with Gasteiger partial charge in [-0.3, -0.25) is 13.9 Å². The number of aromatic nitrogens is 2. The molecule has 1 aromatic heterocycles. The van der Waals surface area contributed by atoms with Gasteiger partial charge in [-0.05, 0) is 75.2 Å². The van der Waals surface area contributed by atoms with E-state index in [1.165, 1.54) is 33.0 Å². The van der Waals surface area contributed by atoms with E-state index in [0.29, 0.717) is 18.9 Å². The second-order valence-corrected chi connectivity index (χ2v) is 8.64. The lowest BCUT2D eigenvalue weighted by molar-refractivity contribution is -0.140. The monoisotopic (exact) mass is 397 g/mol. The van der Waals surface area contributed by atoms with Crippen molar-refractivity contribution < 1.29 is 9.53 Å². The molecule has 0 bridgehead atoms. The number of nitrogens with zero attached hydrogens (tertiary/aromatic N) is 3. The molecular formula is C23H31N3O3. The molecule has 6 nitrogen and oxygen atoms in total. The third-order valence-electron chi connectivity index (χ3n) is 6.80. The molecule has 2 aromatic rings. The first kappa shape index (κ1) is 20.0. The maximum absolute atomic E-state index is 13.1. The average molecular weight is 398 g/mol. The van der Waals surface area contributed by atoms with E-state index in [4.69, 9.17) is 0 Å². The quantitative estimate of drug-likeness (QED) is 0.728. The Morgan fingerprint density at radius 2 is 1.90 bits per heavy atom. The highest BCUT2D eigenvalue weighted by atomic mass is 16.5. The Kier molecular flexibility index (Phi) is 5.90. The summed E-state index contributed by atoms with van der Waals surface area (Å²) in [5.74, 6) is 1.33. The number of likely N-dealkylation sites (tertiary alicyclic amines) is 1. The van der Waals surface area contributed by atoms with E-state index in [-0.39, 0.29) is 11.7 Å². The lowest BCUT2D eigenvalue weighted by atomic mass is 9.73. The van der Waals surface area contributed by atoms with Crippen molar-refractivity contribution in [3.8, 4) is 5.69 Å². The van der Waals surface area contributed by atoms with Crippen LogP contribution >= 0.6 is 0 Å². The Labute approximate surface area is 172 Å². The van der Waals surface area contributed by atoms with Gasteiger partial charge >= 0.3 is 11.7 Å². The maximum Gasteiger partial charge on any atom is 0.332 e. The summed E-state index contributed by atoms with van der Waals surface area (Å²) in [5, 5.41) is 0. The molecule has 3 unspecified atom stereocenters. The molecule has 1 aliphatic heterocycles. The molecule has 1 aromatic carbocycles. The van der Waals surface area contributed by atoms with Crippen LogP contribution in [-0.2, 0) is 16.0 Å². The molecule has 0 N–H and O–H groups in total. The molecule has 2 aliphatic rings. The highest BCUT2D eigenvalue weighted by Crippen LogP contribution is 2.40. The van der Waals surface area contributed by atoms with Crippen molar-refractivity contribution in [1.29, 1.82) is 0 Å². The van der Waals surface area contributed by atoms with Crippen LogP contribution in [0.25, 0.3) is 5.69 Å². The number of hydrogen-bond donors (Lipinski definition) is 0. The minimum absolute atomic E-state index is 0.0451. The summed E-state index contributed by atoms with van der Waals surface area (Å²) in [4.78, 5) is 26.8. The molecule has 3 atom stereocenters. The number of imidazole rings is 1. The van der Waals surface area contributed by atoms with Crippen molar-refractivity contribution in [3.05, 3.63) is 52.7 Å². The number of carbonyl (C=O) groups excluding carboxylic acids is 1. The molecule has 29 heavy (non-hydrogen) atoms. The highest BCUT2D eigenvalue weighted by molar-refractivity contribution is 5.69. The fourth-order valence-corrected chi connectivity index (χ4v) is 5.06. The van der Waals surface area contributed by atoms with Crippen LogP contribution < -0.4 is 5.69 Å². The predicted molar refractivity (Wildman–Crippen MR) is 112 cm³/mol. The normalized spacial score (nSPS) is 24.8. The van der Waals surface area contributed by atoms with Gasteiger partial charge in [0.1, 0.15) is 0 Å². The van der Waals surface area contributed by atoms with Crippen molar-refractivity contribution in [2.24, 2.45) is 11.8 Å². The summed E-state index contributed by atoms with van der Waals surface area (Å²) >= 11 is 0. The molecule has 2 fully saturated rings. The number of aryl methyl sites for hydroxylation is 1. The van der Waals surface area contributed by atoms with Crippen molar-refractivity contribution in [2.45, 2.75) is 44.6 Å². The average Bonchev–Trinajstić information content (AvgIpc) is 3.13. The van der Waals surface area contributed by atoms with Gasteiger partial charge in [-0.1, -0.05) is 12.1 Å². The zero-order valence-electron chi connectivity index (χ0n) is 17.4. The SMILES string of the molecule is COC(=O)CCc1ccc(-n2ccn(C3CCC4CN(C)CCC4C3)c2=O)cc1. The van der Waals surface area contributed by atoms with Crippen LogP contribution in [0.2, 0.25) is 0 Å². The number of rotatable bonds is 5. The summed E-state index contributed by atoms with van der Waals surface area (Å²) in [6.07, 6.45) is 9.51. The van der Waals surface area contributed by atoms with E-state index < -0.39 is 0 Å². The van der Waals surface area contributed by atoms with Gasteiger partial charge in [-0.15, -0.1) is 0 Å². The van der Waals surface area contributed by atoms with Crippen LogP contribution in [-0.4, -0.2) is 47.3 Å². The van der Waals surface area contributed by atoms with Crippen molar-refractivity contribution >= 4 is 5.97 Å². The van der Waals surface area contributed by atoms with E-state index in [0.717, 1.165) is 35.9 Å². The van der Waals surface area contributed by atoms with E-state index in [2.05, 4.69) is 16.7 Å². The highest BCUT2D eigenvalue weighted by Gasteiger charge is 2.35. The number of methoxy groups -OCH3 is 1. The standard InChI is InChI=1S/C23H31N3O3/c1-24-12-11-18-15-21(9-6-19(18)16-24)26-14-13-25(23(26)28)20-7-3-17(4-8-20)5-10-22(27)29-2/h3-4,7-8,13-14,18-19,21H,5-6,9-12,15-16H2,1-2H3. The maximum atomic E-state index is 13.1. The fraction of sp³-hybridized carbons (Fsp3) is 0.565. The topological polar surface area (TPSA) is 56.5 Å². The van der Waals surface area contributed by atoms with Gasteiger partial charge in [0.25, 0.3) is 0 Å². The minimum atomic E-state index is -0.207. The second-order valence-electron chi connectivity index (χ2n) is 8.64. The first-order valence-electron chi connectivity index (χ1n) is 10.7. The molecule has 4 rings (SSSR count). The Bertz CT molecular complexity index is 899. The number of fused-ring (bicyclic) bond motifs is 1. The van der Waals surface area contributed by atoms with Crippen LogP contribution in [0.15, 0.2) is 41.5 Å². The third-order valence-corrected chi connectivity index (χ3v) is 6.80.